The summed E-state index contributed by atoms with van der Waals surface area (Å²) in [4.78, 5) is 0. The Morgan fingerprint density at radius 2 is 1.87 bits per heavy atom. The van der Waals surface area contributed by atoms with Gasteiger partial charge in [-0.15, -0.1) is 0 Å². The quantitative estimate of drug-likeness (QED) is 0.504. The molecule has 88 valence electrons. The molecule has 0 aromatic heterocycles. The van der Waals surface area contributed by atoms with Gasteiger partial charge in [-0.1, -0.05) is 0 Å². The van der Waals surface area contributed by atoms with Crippen molar-refractivity contribution in [2.45, 2.75) is 56.4 Å². The van der Waals surface area contributed by atoms with Crippen LogP contribution in [-0.4, -0.2) is 41.0 Å². The van der Waals surface area contributed by atoms with E-state index in [1.54, 1.807) is 0 Å². The van der Waals surface area contributed by atoms with E-state index in [9.17, 15) is 10.2 Å². The van der Waals surface area contributed by atoms with Crippen molar-refractivity contribution < 1.29 is 10.2 Å². The van der Waals surface area contributed by atoms with Crippen molar-refractivity contribution in [1.82, 2.24) is 5.32 Å². The highest BCUT2D eigenvalue weighted by Crippen LogP contribution is 2.33. The van der Waals surface area contributed by atoms with Gasteiger partial charge in [0.2, 0.25) is 0 Å². The fourth-order valence-corrected chi connectivity index (χ4v) is 3.01. The van der Waals surface area contributed by atoms with Crippen LogP contribution in [0.1, 0.15) is 32.1 Å². The molecule has 1 aliphatic carbocycles. The van der Waals surface area contributed by atoms with E-state index < -0.39 is 12.2 Å². The molecule has 4 heteroatoms. The Bertz CT molecular complexity index is 211. The molecule has 2 fully saturated rings. The van der Waals surface area contributed by atoms with E-state index in [1.807, 2.05) is 0 Å². The summed E-state index contributed by atoms with van der Waals surface area (Å²) < 4.78 is 0. The molecule has 0 aromatic rings. The zero-order valence-corrected chi connectivity index (χ0v) is 9.10. The summed E-state index contributed by atoms with van der Waals surface area (Å²) in [5.74, 6) is 0.539. The monoisotopic (exact) mass is 214 g/mol. The van der Waals surface area contributed by atoms with E-state index >= 15 is 0 Å². The zero-order chi connectivity index (χ0) is 10.8. The molecule has 15 heavy (non-hydrogen) atoms. The molecule has 4 nitrogen and oxygen atoms in total. The smallest absolute Gasteiger partial charge is 0.0954 e. The maximum Gasteiger partial charge on any atom is 0.0954 e. The zero-order valence-electron chi connectivity index (χ0n) is 9.10. The number of nitrogens with two attached hydrogens (primary N) is 1. The second-order valence-electron chi connectivity index (χ2n) is 4.94. The normalized spacial score (nSPS) is 46.2. The first-order valence-corrected chi connectivity index (χ1v) is 6.04. The van der Waals surface area contributed by atoms with Gasteiger partial charge in [-0.3, -0.25) is 0 Å². The third-order valence-corrected chi connectivity index (χ3v) is 3.93. The van der Waals surface area contributed by atoms with Crippen molar-refractivity contribution in [2.24, 2.45) is 11.7 Å². The minimum atomic E-state index is -0.593. The highest BCUT2D eigenvalue weighted by Gasteiger charge is 2.40. The molecule has 1 saturated heterocycles. The highest BCUT2D eigenvalue weighted by molar-refractivity contribution is 4.97. The minimum Gasteiger partial charge on any atom is -0.390 e. The lowest BCUT2D eigenvalue weighted by Gasteiger charge is -2.44. The van der Waals surface area contributed by atoms with Gasteiger partial charge in [0.15, 0.2) is 0 Å². The largest absolute Gasteiger partial charge is 0.390 e. The summed E-state index contributed by atoms with van der Waals surface area (Å²) in [5, 5.41) is 23.0. The van der Waals surface area contributed by atoms with E-state index in [1.165, 1.54) is 0 Å². The molecule has 2 aliphatic rings. The molecular weight excluding hydrogens is 192 g/mol. The van der Waals surface area contributed by atoms with Gasteiger partial charge in [-0.2, -0.15) is 0 Å². The fraction of sp³-hybridized carbons (Fsp3) is 1.00. The molecule has 1 saturated carbocycles. The van der Waals surface area contributed by atoms with E-state index in [2.05, 4.69) is 5.32 Å². The van der Waals surface area contributed by atoms with Crippen LogP contribution in [0.4, 0.5) is 0 Å². The highest BCUT2D eigenvalue weighted by atomic mass is 16.3. The minimum absolute atomic E-state index is 0.0825. The SMILES string of the molecule is NCCC1CCC2CCC(O)C(O)C2N1. The van der Waals surface area contributed by atoms with Crippen LogP contribution in [0, 0.1) is 5.92 Å². The number of fused-ring (bicyclic) bond motifs is 1. The van der Waals surface area contributed by atoms with Crippen molar-refractivity contribution >= 4 is 0 Å². The van der Waals surface area contributed by atoms with Gasteiger partial charge >= 0.3 is 0 Å². The average Bonchev–Trinajstić information content (AvgIpc) is 2.25. The lowest BCUT2D eigenvalue weighted by molar-refractivity contribution is -0.0621. The number of hydrogen-bond donors (Lipinski definition) is 4. The predicted octanol–water partition coefficient (Wildman–Crippen LogP) is -0.412. The number of aliphatic hydroxyl groups excluding tert-OH is 2. The van der Waals surface area contributed by atoms with Crippen LogP contribution in [0.2, 0.25) is 0 Å². The Balaban J connectivity index is 1.95. The number of aliphatic hydroxyl groups is 2. The average molecular weight is 214 g/mol. The molecule has 5 atom stereocenters. The second kappa shape index (κ2) is 4.78. The maximum atomic E-state index is 9.92. The first-order chi connectivity index (χ1) is 7.22. The summed E-state index contributed by atoms with van der Waals surface area (Å²) in [6, 6.07) is 0.509. The fourth-order valence-electron chi connectivity index (χ4n) is 3.01. The molecule has 2 rings (SSSR count). The van der Waals surface area contributed by atoms with Crippen LogP contribution in [0.3, 0.4) is 0 Å². The first-order valence-electron chi connectivity index (χ1n) is 6.04. The van der Waals surface area contributed by atoms with E-state index in [-0.39, 0.29) is 6.04 Å². The lowest BCUT2D eigenvalue weighted by atomic mass is 9.75. The van der Waals surface area contributed by atoms with Crippen LogP contribution in [0.15, 0.2) is 0 Å². The Morgan fingerprint density at radius 3 is 2.60 bits per heavy atom. The second-order valence-corrected chi connectivity index (χ2v) is 4.94. The number of hydrogen-bond acceptors (Lipinski definition) is 4. The topological polar surface area (TPSA) is 78.5 Å². The first kappa shape index (κ1) is 11.3. The molecule has 0 spiro atoms. The molecule has 0 radical (unpaired) electrons. The van der Waals surface area contributed by atoms with Crippen LogP contribution in [0.25, 0.3) is 0 Å². The van der Waals surface area contributed by atoms with Gasteiger partial charge < -0.3 is 21.3 Å². The molecule has 5 N–H and O–H groups in total. The third-order valence-electron chi connectivity index (χ3n) is 3.93. The standard InChI is InChI=1S/C11H22N2O2/c12-6-5-8-3-1-7-2-4-9(14)11(15)10(7)13-8/h7-11,13-15H,1-6,12H2. The van der Waals surface area contributed by atoms with Crippen molar-refractivity contribution in [3.05, 3.63) is 0 Å². The summed E-state index contributed by atoms with van der Waals surface area (Å²) in [5.41, 5.74) is 5.54. The molecule has 0 bridgehead atoms. The van der Waals surface area contributed by atoms with Gasteiger partial charge in [0.05, 0.1) is 12.2 Å². The molecule has 1 aliphatic heterocycles. The van der Waals surface area contributed by atoms with Crippen LogP contribution < -0.4 is 11.1 Å². The summed E-state index contributed by atoms with van der Waals surface area (Å²) >= 11 is 0. The molecule has 0 amide bonds. The lowest BCUT2D eigenvalue weighted by Crippen LogP contribution is -2.59. The number of rotatable bonds is 2. The van der Waals surface area contributed by atoms with E-state index in [4.69, 9.17) is 5.73 Å². The molecule has 0 aromatic carbocycles. The van der Waals surface area contributed by atoms with Gasteiger partial charge in [0.1, 0.15) is 0 Å². The Morgan fingerprint density at radius 1 is 1.13 bits per heavy atom. The summed E-state index contributed by atoms with van der Waals surface area (Å²) in [6.07, 6.45) is 3.91. The molecule has 5 unspecified atom stereocenters. The van der Waals surface area contributed by atoms with Gasteiger partial charge in [-0.05, 0) is 44.6 Å². The number of piperidine rings is 1. The van der Waals surface area contributed by atoms with Crippen molar-refractivity contribution in [3.63, 3.8) is 0 Å². The van der Waals surface area contributed by atoms with E-state index in [0.29, 0.717) is 18.5 Å². The van der Waals surface area contributed by atoms with Crippen molar-refractivity contribution in [2.75, 3.05) is 6.54 Å². The van der Waals surface area contributed by atoms with Crippen LogP contribution in [-0.2, 0) is 0 Å². The molecule has 1 heterocycles. The Labute approximate surface area is 90.9 Å². The van der Waals surface area contributed by atoms with Gasteiger partial charge in [-0.25, -0.2) is 0 Å². The van der Waals surface area contributed by atoms with Crippen molar-refractivity contribution in [3.8, 4) is 0 Å². The molecular formula is C11H22N2O2. The van der Waals surface area contributed by atoms with Crippen LogP contribution in [0.5, 0.6) is 0 Å². The summed E-state index contributed by atoms with van der Waals surface area (Å²) in [6.45, 7) is 0.688. The Kier molecular flexibility index (Phi) is 3.61. The maximum absolute atomic E-state index is 9.92. The number of nitrogens with one attached hydrogen (secondary N) is 1. The summed E-state index contributed by atoms with van der Waals surface area (Å²) in [7, 11) is 0. The Hall–Kier alpha value is -0.160. The van der Waals surface area contributed by atoms with Crippen molar-refractivity contribution in [1.29, 1.82) is 0 Å². The van der Waals surface area contributed by atoms with Gasteiger partial charge in [0.25, 0.3) is 0 Å². The van der Waals surface area contributed by atoms with E-state index in [0.717, 1.165) is 32.1 Å². The third kappa shape index (κ3) is 2.33. The van der Waals surface area contributed by atoms with Gasteiger partial charge in [0, 0.05) is 12.1 Å². The van der Waals surface area contributed by atoms with Crippen LogP contribution >= 0.6 is 0 Å². The predicted molar refractivity (Wildman–Crippen MR) is 58.4 cm³/mol.